The van der Waals surface area contributed by atoms with Gasteiger partial charge in [0.1, 0.15) is 30.0 Å². The number of nitrogens with two attached hydrogens (primary N) is 1. The summed E-state index contributed by atoms with van der Waals surface area (Å²) in [7, 11) is 3.14. The molecule has 0 aliphatic rings. The molecule has 0 bridgehead atoms. The summed E-state index contributed by atoms with van der Waals surface area (Å²) >= 11 is 0. The fraction of sp³-hybridized carbons (Fsp3) is 0.250. The first kappa shape index (κ1) is 15.0. The Morgan fingerprint density at radius 2 is 1.48 bits per heavy atom. The predicted molar refractivity (Wildman–Crippen MR) is 80.9 cm³/mol. The molecule has 0 fully saturated rings. The van der Waals surface area contributed by atoms with Crippen LogP contribution in [0, 0.1) is 0 Å². The zero-order valence-electron chi connectivity index (χ0n) is 12.1. The number of methoxy groups -OCH3 is 2. The smallest absolute Gasteiger partial charge is 0.126 e. The van der Waals surface area contributed by atoms with Gasteiger partial charge in [-0.2, -0.15) is 0 Å². The molecular weight excluding hydrogens is 270 g/mol. The van der Waals surface area contributed by atoms with E-state index in [9.17, 15) is 5.11 Å². The second kappa shape index (κ2) is 6.85. The number of hydrogen-bond donors (Lipinski definition) is 2. The lowest BCUT2D eigenvalue weighted by molar-refractivity contribution is 0.108. The van der Waals surface area contributed by atoms with E-state index in [0.717, 1.165) is 5.56 Å². The van der Waals surface area contributed by atoms with Crippen molar-refractivity contribution in [1.82, 2.24) is 0 Å². The van der Waals surface area contributed by atoms with Crippen LogP contribution in [0.15, 0.2) is 42.5 Å². The maximum atomic E-state index is 10.1. The summed E-state index contributed by atoms with van der Waals surface area (Å²) in [6, 6.07) is 12.3. The van der Waals surface area contributed by atoms with E-state index >= 15 is 0 Å². The van der Waals surface area contributed by atoms with Crippen molar-refractivity contribution in [2.45, 2.75) is 6.10 Å². The van der Waals surface area contributed by atoms with E-state index in [4.69, 9.17) is 19.9 Å². The molecule has 0 spiro atoms. The number of rotatable bonds is 6. The van der Waals surface area contributed by atoms with E-state index in [1.54, 1.807) is 56.7 Å². The predicted octanol–water partition coefficient (Wildman–Crippen LogP) is 2.40. The molecule has 0 saturated carbocycles. The Balaban J connectivity index is 2.03. The fourth-order valence-corrected chi connectivity index (χ4v) is 1.85. The highest BCUT2D eigenvalue weighted by molar-refractivity contribution is 5.42. The lowest BCUT2D eigenvalue weighted by Crippen LogP contribution is -2.09. The highest BCUT2D eigenvalue weighted by Gasteiger charge is 2.09. The summed E-state index contributed by atoms with van der Waals surface area (Å²) in [6.45, 7) is 0.125. The summed E-state index contributed by atoms with van der Waals surface area (Å²) in [5.74, 6) is 1.83. The Morgan fingerprint density at radius 1 is 0.952 bits per heavy atom. The Labute approximate surface area is 123 Å². The molecule has 3 N–H and O–H groups in total. The van der Waals surface area contributed by atoms with Crippen LogP contribution in [0.4, 0.5) is 5.69 Å². The third-order valence-electron chi connectivity index (χ3n) is 3.05. The van der Waals surface area contributed by atoms with Gasteiger partial charge in [0.2, 0.25) is 0 Å². The second-order valence-corrected chi connectivity index (χ2v) is 4.54. The number of aliphatic hydroxyl groups is 1. The highest BCUT2D eigenvalue weighted by atomic mass is 16.5. The molecule has 0 aliphatic heterocycles. The van der Waals surface area contributed by atoms with Crippen molar-refractivity contribution < 1.29 is 19.3 Å². The molecule has 1 atom stereocenters. The molecule has 2 rings (SSSR count). The van der Waals surface area contributed by atoms with Gasteiger partial charge in [-0.1, -0.05) is 12.1 Å². The largest absolute Gasteiger partial charge is 0.496 e. The Bertz CT molecular complexity index is 561. The van der Waals surface area contributed by atoms with Crippen molar-refractivity contribution in [3.05, 3.63) is 48.0 Å². The van der Waals surface area contributed by atoms with E-state index < -0.39 is 6.10 Å². The normalized spacial score (nSPS) is 11.8. The molecule has 5 nitrogen and oxygen atoms in total. The Kier molecular flexibility index (Phi) is 4.90. The zero-order valence-corrected chi connectivity index (χ0v) is 12.1. The lowest BCUT2D eigenvalue weighted by Gasteiger charge is -2.14. The molecule has 2 aromatic carbocycles. The number of anilines is 1. The monoisotopic (exact) mass is 289 g/mol. The first-order valence-electron chi connectivity index (χ1n) is 6.51. The first-order chi connectivity index (χ1) is 10.1. The van der Waals surface area contributed by atoms with Gasteiger partial charge in [0.25, 0.3) is 0 Å². The minimum absolute atomic E-state index is 0.125. The van der Waals surface area contributed by atoms with Crippen LogP contribution in [0.5, 0.6) is 17.2 Å². The van der Waals surface area contributed by atoms with E-state index in [1.165, 1.54) is 0 Å². The average molecular weight is 289 g/mol. The van der Waals surface area contributed by atoms with E-state index in [1.807, 2.05) is 0 Å². The van der Waals surface area contributed by atoms with Crippen LogP contribution in [0.25, 0.3) is 0 Å². The van der Waals surface area contributed by atoms with Crippen LogP contribution in [-0.2, 0) is 0 Å². The number of nitrogen functional groups attached to an aromatic ring is 1. The maximum absolute atomic E-state index is 10.1. The van der Waals surface area contributed by atoms with Crippen molar-refractivity contribution in [3.63, 3.8) is 0 Å². The van der Waals surface area contributed by atoms with Crippen LogP contribution in [0.1, 0.15) is 11.7 Å². The summed E-state index contributed by atoms with van der Waals surface area (Å²) in [4.78, 5) is 0. The highest BCUT2D eigenvalue weighted by Crippen LogP contribution is 2.28. The number of benzene rings is 2. The van der Waals surface area contributed by atoms with Crippen molar-refractivity contribution in [2.24, 2.45) is 0 Å². The van der Waals surface area contributed by atoms with Crippen LogP contribution >= 0.6 is 0 Å². The van der Waals surface area contributed by atoms with E-state index in [0.29, 0.717) is 22.9 Å². The van der Waals surface area contributed by atoms with Crippen molar-refractivity contribution in [2.75, 3.05) is 26.6 Å². The van der Waals surface area contributed by atoms with Gasteiger partial charge in [0.15, 0.2) is 0 Å². The average Bonchev–Trinajstić information content (AvgIpc) is 2.52. The van der Waals surface area contributed by atoms with Crippen LogP contribution in [0.2, 0.25) is 0 Å². The molecule has 0 aliphatic carbocycles. The van der Waals surface area contributed by atoms with Crippen LogP contribution in [-0.4, -0.2) is 25.9 Å². The molecule has 2 aromatic rings. The van der Waals surface area contributed by atoms with Crippen LogP contribution in [0.3, 0.4) is 0 Å². The van der Waals surface area contributed by atoms with Gasteiger partial charge >= 0.3 is 0 Å². The minimum Gasteiger partial charge on any atom is -0.496 e. The summed E-state index contributed by atoms with van der Waals surface area (Å²) in [5.41, 5.74) is 7.02. The second-order valence-electron chi connectivity index (χ2n) is 4.54. The lowest BCUT2D eigenvalue weighted by atomic mass is 10.1. The van der Waals surface area contributed by atoms with Crippen LogP contribution < -0.4 is 19.9 Å². The Morgan fingerprint density at radius 3 is 2.00 bits per heavy atom. The zero-order chi connectivity index (χ0) is 15.2. The topological polar surface area (TPSA) is 73.9 Å². The minimum atomic E-state index is -0.734. The van der Waals surface area contributed by atoms with Crippen molar-refractivity contribution in [1.29, 1.82) is 0 Å². The number of ether oxygens (including phenoxy) is 3. The van der Waals surface area contributed by atoms with Gasteiger partial charge in [-0.15, -0.1) is 0 Å². The molecule has 112 valence electrons. The summed E-state index contributed by atoms with van der Waals surface area (Å²) in [6.07, 6.45) is -0.734. The van der Waals surface area contributed by atoms with Crippen molar-refractivity contribution in [3.8, 4) is 17.2 Å². The third-order valence-corrected chi connectivity index (χ3v) is 3.05. The molecule has 0 radical (unpaired) electrons. The molecule has 21 heavy (non-hydrogen) atoms. The van der Waals surface area contributed by atoms with Gasteiger partial charge in [-0.05, 0) is 17.7 Å². The van der Waals surface area contributed by atoms with E-state index in [2.05, 4.69) is 0 Å². The van der Waals surface area contributed by atoms with E-state index in [-0.39, 0.29) is 6.61 Å². The number of aliphatic hydroxyl groups excluding tert-OH is 1. The molecule has 1 unspecified atom stereocenters. The Hall–Kier alpha value is -2.40. The molecule has 0 heterocycles. The molecule has 0 saturated heterocycles. The standard InChI is InChI=1S/C16H19NO4/c1-19-13-7-14(20-2)9-15(8-13)21-10-16(18)11-3-5-12(17)6-4-11/h3-9,16,18H,10,17H2,1-2H3. The number of hydrogen-bond acceptors (Lipinski definition) is 5. The van der Waals surface area contributed by atoms with Crippen molar-refractivity contribution >= 4 is 5.69 Å². The molecule has 0 aromatic heterocycles. The molecule has 5 heteroatoms. The molecule has 0 amide bonds. The third kappa shape index (κ3) is 4.03. The van der Waals surface area contributed by atoms with Gasteiger partial charge in [0, 0.05) is 23.9 Å². The van der Waals surface area contributed by atoms with Gasteiger partial charge in [-0.25, -0.2) is 0 Å². The first-order valence-corrected chi connectivity index (χ1v) is 6.51. The SMILES string of the molecule is COc1cc(OC)cc(OCC(O)c2ccc(N)cc2)c1. The van der Waals surface area contributed by atoms with Gasteiger partial charge in [-0.3, -0.25) is 0 Å². The maximum Gasteiger partial charge on any atom is 0.126 e. The van der Waals surface area contributed by atoms with Gasteiger partial charge < -0.3 is 25.1 Å². The quantitative estimate of drug-likeness (QED) is 0.799. The fourth-order valence-electron chi connectivity index (χ4n) is 1.85. The summed E-state index contributed by atoms with van der Waals surface area (Å²) in [5, 5.41) is 10.1. The summed E-state index contributed by atoms with van der Waals surface area (Å²) < 4.78 is 15.9. The molecular formula is C16H19NO4. The van der Waals surface area contributed by atoms with Gasteiger partial charge in [0.05, 0.1) is 14.2 Å².